The molecule has 2 amide bonds. The monoisotopic (exact) mass is 460 g/mol. The summed E-state index contributed by atoms with van der Waals surface area (Å²) >= 11 is 3.46. The Hall–Kier alpha value is -2.34. The maximum Gasteiger partial charge on any atom is 0.255 e. The fourth-order valence-corrected chi connectivity index (χ4v) is 3.15. The Labute approximate surface area is 181 Å². The van der Waals surface area contributed by atoms with Crippen molar-refractivity contribution in [2.45, 2.75) is 46.5 Å². The molecule has 0 aliphatic carbocycles. The lowest BCUT2D eigenvalue weighted by atomic mass is 10.2. The van der Waals surface area contributed by atoms with E-state index in [0.29, 0.717) is 41.6 Å². The van der Waals surface area contributed by atoms with Crippen LogP contribution in [0, 0.1) is 5.92 Å². The van der Waals surface area contributed by atoms with Crippen LogP contribution in [0.1, 0.15) is 56.8 Å². The lowest BCUT2D eigenvalue weighted by Crippen LogP contribution is -2.14. The van der Waals surface area contributed by atoms with E-state index in [9.17, 15) is 9.59 Å². The van der Waals surface area contributed by atoms with Crippen LogP contribution in [-0.4, -0.2) is 18.4 Å². The summed E-state index contributed by atoms with van der Waals surface area (Å²) in [6.45, 7) is 6.88. The van der Waals surface area contributed by atoms with E-state index >= 15 is 0 Å². The predicted molar refractivity (Wildman–Crippen MR) is 122 cm³/mol. The zero-order chi connectivity index (χ0) is 21.2. The number of carbonyl (C=O) groups excluding carboxylic acids is 2. The first-order chi connectivity index (χ1) is 13.9. The van der Waals surface area contributed by atoms with Gasteiger partial charge in [-0.25, -0.2) is 0 Å². The van der Waals surface area contributed by atoms with Gasteiger partial charge < -0.3 is 15.4 Å². The van der Waals surface area contributed by atoms with Gasteiger partial charge in [-0.15, -0.1) is 0 Å². The molecule has 0 bridgehead atoms. The van der Waals surface area contributed by atoms with Crippen LogP contribution in [-0.2, 0) is 4.79 Å². The minimum Gasteiger partial charge on any atom is -0.492 e. The number of carbonyl (C=O) groups is 2. The molecule has 0 spiro atoms. The van der Waals surface area contributed by atoms with Crippen molar-refractivity contribution in [2.24, 2.45) is 5.92 Å². The highest BCUT2D eigenvalue weighted by Crippen LogP contribution is 2.27. The lowest BCUT2D eigenvalue weighted by Gasteiger charge is -2.12. The Morgan fingerprint density at radius 2 is 1.76 bits per heavy atom. The van der Waals surface area contributed by atoms with Gasteiger partial charge in [-0.05, 0) is 64.7 Å². The smallest absolute Gasteiger partial charge is 0.255 e. The Bertz CT molecular complexity index is 837. The minimum atomic E-state index is -0.229. The van der Waals surface area contributed by atoms with Gasteiger partial charge in [0.15, 0.2) is 0 Å². The molecule has 156 valence electrons. The second-order valence-corrected chi connectivity index (χ2v) is 8.24. The van der Waals surface area contributed by atoms with Crippen molar-refractivity contribution >= 4 is 39.1 Å². The van der Waals surface area contributed by atoms with Gasteiger partial charge in [-0.2, -0.15) is 0 Å². The third kappa shape index (κ3) is 7.89. The molecule has 0 saturated heterocycles. The zero-order valence-electron chi connectivity index (χ0n) is 17.3. The van der Waals surface area contributed by atoms with Crippen molar-refractivity contribution in [1.82, 2.24) is 0 Å². The summed E-state index contributed by atoms with van der Waals surface area (Å²) < 4.78 is 6.46. The number of hydrogen-bond acceptors (Lipinski definition) is 3. The molecule has 0 radical (unpaired) electrons. The molecule has 0 atom stereocenters. The summed E-state index contributed by atoms with van der Waals surface area (Å²) in [4.78, 5) is 24.6. The maximum absolute atomic E-state index is 12.6. The summed E-state index contributed by atoms with van der Waals surface area (Å²) in [6.07, 6.45) is 3.50. The van der Waals surface area contributed by atoms with Gasteiger partial charge in [0.25, 0.3) is 5.91 Å². The highest BCUT2D eigenvalue weighted by atomic mass is 79.9. The Morgan fingerprint density at radius 3 is 2.41 bits per heavy atom. The number of amides is 2. The van der Waals surface area contributed by atoms with Crippen LogP contribution in [0.4, 0.5) is 11.4 Å². The van der Waals surface area contributed by atoms with Gasteiger partial charge >= 0.3 is 0 Å². The van der Waals surface area contributed by atoms with Crippen LogP contribution in [0.3, 0.4) is 0 Å². The Balaban J connectivity index is 1.98. The summed E-state index contributed by atoms with van der Waals surface area (Å²) in [5, 5.41) is 5.75. The molecule has 0 unspecified atom stereocenters. The molecule has 2 aromatic carbocycles. The summed E-state index contributed by atoms with van der Waals surface area (Å²) in [5.41, 5.74) is 1.81. The molecule has 0 fully saturated rings. The average molecular weight is 461 g/mol. The van der Waals surface area contributed by atoms with Gasteiger partial charge in [0.05, 0.1) is 11.1 Å². The van der Waals surface area contributed by atoms with Crippen molar-refractivity contribution in [3.8, 4) is 5.75 Å². The Morgan fingerprint density at radius 1 is 1.03 bits per heavy atom. The van der Waals surface area contributed by atoms with Crippen molar-refractivity contribution in [2.75, 3.05) is 17.2 Å². The zero-order valence-corrected chi connectivity index (χ0v) is 18.8. The number of nitrogens with one attached hydrogen (secondary N) is 2. The summed E-state index contributed by atoms with van der Waals surface area (Å²) in [7, 11) is 0. The molecule has 29 heavy (non-hydrogen) atoms. The van der Waals surface area contributed by atoms with Crippen molar-refractivity contribution < 1.29 is 14.3 Å². The number of ether oxygens (including phenoxy) is 1. The second-order valence-electron chi connectivity index (χ2n) is 7.39. The minimum absolute atomic E-state index is 0.0113. The summed E-state index contributed by atoms with van der Waals surface area (Å²) in [5.74, 6) is 0.891. The van der Waals surface area contributed by atoms with Crippen LogP contribution in [0.25, 0.3) is 0 Å². The molecule has 5 nitrogen and oxygen atoms in total. The predicted octanol–water partition coefficient (Wildman–Crippen LogP) is 6.26. The van der Waals surface area contributed by atoms with Crippen LogP contribution in [0.15, 0.2) is 46.9 Å². The molecule has 0 saturated carbocycles. The fourth-order valence-electron chi connectivity index (χ4n) is 2.65. The van der Waals surface area contributed by atoms with E-state index in [-0.39, 0.29) is 11.8 Å². The van der Waals surface area contributed by atoms with E-state index in [1.807, 2.05) is 6.07 Å². The molecule has 0 aliphatic rings. The first-order valence-electron chi connectivity index (χ1n) is 10.0. The fraction of sp³-hybridized carbons (Fsp3) is 0.391. The van der Waals surface area contributed by atoms with Gasteiger partial charge in [0, 0.05) is 23.4 Å². The maximum atomic E-state index is 12.6. The second kappa shape index (κ2) is 11.6. The van der Waals surface area contributed by atoms with E-state index in [1.54, 1.807) is 36.4 Å². The van der Waals surface area contributed by atoms with E-state index < -0.39 is 0 Å². The van der Waals surface area contributed by atoms with E-state index in [2.05, 4.69) is 47.3 Å². The van der Waals surface area contributed by atoms with Crippen molar-refractivity contribution in [3.05, 3.63) is 52.5 Å². The van der Waals surface area contributed by atoms with Gasteiger partial charge in [0.1, 0.15) is 5.75 Å². The number of benzene rings is 2. The lowest BCUT2D eigenvalue weighted by molar-refractivity contribution is -0.116. The van der Waals surface area contributed by atoms with Crippen LogP contribution >= 0.6 is 15.9 Å². The molecule has 2 N–H and O–H groups in total. The Kier molecular flexibility index (Phi) is 9.19. The van der Waals surface area contributed by atoms with Crippen LogP contribution in [0.5, 0.6) is 5.75 Å². The first kappa shape index (κ1) is 22.9. The van der Waals surface area contributed by atoms with Gasteiger partial charge in [-0.3, -0.25) is 9.59 Å². The highest BCUT2D eigenvalue weighted by molar-refractivity contribution is 9.10. The van der Waals surface area contributed by atoms with E-state index in [0.717, 1.165) is 23.7 Å². The normalized spacial score (nSPS) is 10.7. The molecular formula is C23H29BrN2O3. The standard InChI is InChI=1S/C23H29BrN2O3/c1-4-5-6-10-22(27)25-18-8-7-9-19(14-18)26-23(28)17-11-12-21(20(24)13-17)29-15-16(2)3/h7-9,11-14,16H,4-6,10,15H2,1-3H3,(H,25,27)(H,26,28). The van der Waals surface area contributed by atoms with Gasteiger partial charge in [-0.1, -0.05) is 39.7 Å². The topological polar surface area (TPSA) is 67.4 Å². The molecule has 6 heteroatoms. The third-order valence-electron chi connectivity index (χ3n) is 4.18. The van der Waals surface area contributed by atoms with Gasteiger partial charge in [0.2, 0.25) is 5.91 Å². The molecular weight excluding hydrogens is 432 g/mol. The third-order valence-corrected chi connectivity index (χ3v) is 4.80. The average Bonchev–Trinajstić information content (AvgIpc) is 2.67. The molecule has 0 aromatic heterocycles. The molecule has 2 rings (SSSR count). The number of anilines is 2. The molecule has 0 aliphatic heterocycles. The quantitative estimate of drug-likeness (QED) is 0.411. The SMILES string of the molecule is CCCCCC(=O)Nc1cccc(NC(=O)c2ccc(OCC(C)C)c(Br)c2)c1. The number of hydrogen-bond donors (Lipinski definition) is 2. The summed E-state index contributed by atoms with van der Waals surface area (Å²) in [6, 6.07) is 12.4. The number of unbranched alkanes of at least 4 members (excludes halogenated alkanes) is 2. The van der Waals surface area contributed by atoms with Crippen LogP contribution < -0.4 is 15.4 Å². The first-order valence-corrected chi connectivity index (χ1v) is 10.8. The number of halogens is 1. The van der Waals surface area contributed by atoms with Crippen LogP contribution in [0.2, 0.25) is 0 Å². The largest absolute Gasteiger partial charge is 0.492 e. The van der Waals surface area contributed by atoms with E-state index in [4.69, 9.17) is 4.74 Å². The van der Waals surface area contributed by atoms with E-state index in [1.165, 1.54) is 0 Å². The number of rotatable bonds is 10. The highest BCUT2D eigenvalue weighted by Gasteiger charge is 2.11. The van der Waals surface area contributed by atoms with Crippen molar-refractivity contribution in [3.63, 3.8) is 0 Å². The molecule has 0 heterocycles. The van der Waals surface area contributed by atoms with Crippen molar-refractivity contribution in [1.29, 1.82) is 0 Å². The molecule has 2 aromatic rings.